The highest BCUT2D eigenvalue weighted by Gasteiger charge is 2.39. The van der Waals surface area contributed by atoms with Gasteiger partial charge in [-0.05, 0) is 53.9 Å². The maximum atomic E-state index is 13.0. The maximum Gasteiger partial charge on any atom is 0.255 e. The highest BCUT2D eigenvalue weighted by molar-refractivity contribution is 6.05. The molecule has 2 aliphatic rings. The van der Waals surface area contributed by atoms with Crippen molar-refractivity contribution in [1.29, 1.82) is 0 Å². The minimum absolute atomic E-state index is 0.216. The number of imide groups is 1. The Labute approximate surface area is 212 Å². The molecule has 2 N–H and O–H groups in total. The molecule has 184 valence electrons. The lowest BCUT2D eigenvalue weighted by atomic mass is 10.0. The summed E-state index contributed by atoms with van der Waals surface area (Å²) < 4.78 is 1.83. The molecule has 0 aliphatic carbocycles. The molecule has 1 unspecified atom stereocenters. The van der Waals surface area contributed by atoms with Gasteiger partial charge in [0.05, 0.1) is 17.4 Å². The van der Waals surface area contributed by atoms with Crippen molar-refractivity contribution in [2.45, 2.75) is 32.0 Å². The molecule has 9 nitrogen and oxygen atoms in total. The zero-order valence-electron chi connectivity index (χ0n) is 19.8. The maximum absolute atomic E-state index is 13.0. The normalized spacial score (nSPS) is 17.1. The Morgan fingerprint density at radius 1 is 1.03 bits per heavy atom. The van der Waals surface area contributed by atoms with Gasteiger partial charge >= 0.3 is 0 Å². The molecule has 4 amide bonds. The first kappa shape index (κ1) is 22.7. The van der Waals surface area contributed by atoms with Crippen LogP contribution < -0.4 is 10.6 Å². The molecule has 0 spiro atoms. The molecule has 4 aromatic rings. The molecule has 0 radical (unpaired) electrons. The fraction of sp³-hybridized carbons (Fsp3) is 0.179. The average molecular weight is 494 g/mol. The van der Waals surface area contributed by atoms with E-state index in [4.69, 9.17) is 0 Å². The van der Waals surface area contributed by atoms with E-state index in [2.05, 4.69) is 15.7 Å². The molecule has 37 heavy (non-hydrogen) atoms. The van der Waals surface area contributed by atoms with Gasteiger partial charge in [0.2, 0.25) is 11.8 Å². The van der Waals surface area contributed by atoms with Gasteiger partial charge in [0.1, 0.15) is 6.04 Å². The molecule has 6 rings (SSSR count). The Morgan fingerprint density at radius 2 is 1.84 bits per heavy atom. The summed E-state index contributed by atoms with van der Waals surface area (Å²) in [6.45, 7) is 0.578. The number of nitrogens with zero attached hydrogens (tertiary/aromatic N) is 3. The van der Waals surface area contributed by atoms with E-state index in [0.29, 0.717) is 24.1 Å². The number of hydrogen-bond donors (Lipinski definition) is 2. The quantitative estimate of drug-likeness (QED) is 0.415. The highest BCUT2D eigenvalue weighted by Crippen LogP contribution is 2.28. The van der Waals surface area contributed by atoms with Crippen molar-refractivity contribution in [3.05, 3.63) is 95.2 Å². The Hall–Kier alpha value is -4.79. The first-order valence-electron chi connectivity index (χ1n) is 12.1. The number of benzene rings is 3. The van der Waals surface area contributed by atoms with Crippen molar-refractivity contribution in [2.24, 2.45) is 0 Å². The molecule has 9 heteroatoms. The van der Waals surface area contributed by atoms with Crippen LogP contribution in [0.25, 0.3) is 16.6 Å². The smallest absolute Gasteiger partial charge is 0.255 e. The topological polar surface area (TPSA) is 113 Å². The van der Waals surface area contributed by atoms with Crippen molar-refractivity contribution >= 4 is 34.5 Å². The lowest BCUT2D eigenvalue weighted by Crippen LogP contribution is -2.52. The summed E-state index contributed by atoms with van der Waals surface area (Å²) in [7, 11) is 0. The zero-order valence-corrected chi connectivity index (χ0v) is 19.8. The van der Waals surface area contributed by atoms with Crippen LogP contribution in [0.3, 0.4) is 0 Å². The summed E-state index contributed by atoms with van der Waals surface area (Å²) in [5.41, 5.74) is 4.49. The van der Waals surface area contributed by atoms with Crippen LogP contribution in [0.1, 0.15) is 44.7 Å². The van der Waals surface area contributed by atoms with Crippen molar-refractivity contribution in [3.8, 4) is 5.69 Å². The molecule has 2 aliphatic heterocycles. The van der Waals surface area contributed by atoms with Crippen LogP contribution in [0.5, 0.6) is 0 Å². The molecular weight excluding hydrogens is 470 g/mol. The second-order valence-electron chi connectivity index (χ2n) is 9.24. The van der Waals surface area contributed by atoms with Crippen LogP contribution >= 0.6 is 0 Å². The van der Waals surface area contributed by atoms with Gasteiger partial charge in [-0.1, -0.05) is 30.3 Å². The van der Waals surface area contributed by atoms with Crippen LogP contribution in [0, 0.1) is 0 Å². The first-order chi connectivity index (χ1) is 18.0. The summed E-state index contributed by atoms with van der Waals surface area (Å²) >= 11 is 0. The van der Waals surface area contributed by atoms with Gasteiger partial charge in [0.25, 0.3) is 11.8 Å². The van der Waals surface area contributed by atoms with E-state index < -0.39 is 11.9 Å². The Bertz CT molecular complexity index is 1570. The van der Waals surface area contributed by atoms with Crippen molar-refractivity contribution in [3.63, 3.8) is 0 Å². The highest BCUT2D eigenvalue weighted by atomic mass is 16.2. The summed E-state index contributed by atoms with van der Waals surface area (Å²) in [5, 5.41) is 10.7. The number of piperidine rings is 1. The van der Waals surface area contributed by atoms with Gasteiger partial charge in [0, 0.05) is 36.0 Å². The number of para-hydroxylation sites is 1. The number of aromatic nitrogens is 2. The molecule has 0 bridgehead atoms. The predicted molar refractivity (Wildman–Crippen MR) is 135 cm³/mol. The second-order valence-corrected chi connectivity index (χ2v) is 9.24. The first-order valence-corrected chi connectivity index (χ1v) is 12.1. The molecule has 3 aromatic carbocycles. The third kappa shape index (κ3) is 4.14. The lowest BCUT2D eigenvalue weighted by molar-refractivity contribution is -0.136. The minimum atomic E-state index is -0.650. The number of carbonyl (C=O) groups excluding carboxylic acids is 4. The third-order valence-corrected chi connectivity index (χ3v) is 6.90. The summed E-state index contributed by atoms with van der Waals surface area (Å²) in [5.74, 6) is -1.21. The van der Waals surface area contributed by atoms with E-state index in [1.807, 2.05) is 53.2 Å². The van der Waals surface area contributed by atoms with Crippen LogP contribution in [0.15, 0.2) is 72.9 Å². The largest absolute Gasteiger partial charge is 0.348 e. The fourth-order valence-corrected chi connectivity index (χ4v) is 4.93. The Kier molecular flexibility index (Phi) is 5.52. The fourth-order valence-electron chi connectivity index (χ4n) is 4.93. The second kappa shape index (κ2) is 9.02. The SMILES string of the molecule is O=C1CCC(N2Cc3ccc(CNC(=O)c4ccc(-n5ncc6ccccc65)cc4)cc3C2=O)C(=O)N1. The van der Waals surface area contributed by atoms with Gasteiger partial charge in [-0.3, -0.25) is 24.5 Å². The van der Waals surface area contributed by atoms with Crippen molar-refractivity contribution in [1.82, 2.24) is 25.3 Å². The van der Waals surface area contributed by atoms with Crippen molar-refractivity contribution < 1.29 is 19.2 Å². The molecule has 3 heterocycles. The van der Waals surface area contributed by atoms with E-state index in [0.717, 1.165) is 27.7 Å². The lowest BCUT2D eigenvalue weighted by Gasteiger charge is -2.29. The van der Waals surface area contributed by atoms with Gasteiger partial charge in [-0.2, -0.15) is 5.10 Å². The predicted octanol–water partition coefficient (Wildman–Crippen LogP) is 2.72. The molecule has 1 saturated heterocycles. The van der Waals surface area contributed by atoms with Crippen LogP contribution in [-0.2, 0) is 22.7 Å². The standard InChI is InChI=1S/C28H23N5O4/c34-25-12-11-24(27(36)31-25)32-16-20-6-5-17(13-22(20)28(32)37)14-29-26(35)18-7-9-21(10-8-18)33-23-4-2-1-3-19(23)15-30-33/h1-10,13,15,24H,11-12,14,16H2,(H,29,35)(H,31,34,36). The van der Waals surface area contributed by atoms with E-state index in [1.165, 1.54) is 4.90 Å². The Morgan fingerprint density at radius 3 is 2.65 bits per heavy atom. The van der Waals surface area contributed by atoms with Gasteiger partial charge in [0.15, 0.2) is 0 Å². The average Bonchev–Trinajstić information content (AvgIpc) is 3.48. The molecule has 1 atom stereocenters. The number of hydrogen-bond acceptors (Lipinski definition) is 5. The summed E-state index contributed by atoms with van der Waals surface area (Å²) in [6, 6.07) is 20.0. The van der Waals surface area contributed by atoms with Gasteiger partial charge in [-0.15, -0.1) is 0 Å². The number of amides is 4. The van der Waals surface area contributed by atoms with E-state index in [9.17, 15) is 19.2 Å². The zero-order chi connectivity index (χ0) is 25.5. The monoisotopic (exact) mass is 493 g/mol. The number of fused-ring (bicyclic) bond motifs is 2. The van der Waals surface area contributed by atoms with Crippen molar-refractivity contribution in [2.75, 3.05) is 0 Å². The van der Waals surface area contributed by atoms with Crippen LogP contribution in [-0.4, -0.2) is 44.4 Å². The molecule has 0 saturated carbocycles. The van der Waals surface area contributed by atoms with Crippen LogP contribution in [0.4, 0.5) is 0 Å². The number of rotatable bonds is 5. The Balaban J connectivity index is 1.11. The summed E-state index contributed by atoms with van der Waals surface area (Å²) in [6.07, 6.45) is 2.34. The molecule has 1 fully saturated rings. The molecular formula is C28H23N5O4. The van der Waals surface area contributed by atoms with Crippen LogP contribution in [0.2, 0.25) is 0 Å². The number of nitrogens with one attached hydrogen (secondary N) is 2. The number of carbonyl (C=O) groups is 4. The summed E-state index contributed by atoms with van der Waals surface area (Å²) in [4.78, 5) is 51.0. The molecule has 1 aromatic heterocycles. The van der Waals surface area contributed by atoms with Gasteiger partial charge in [-0.25, -0.2) is 4.68 Å². The minimum Gasteiger partial charge on any atom is -0.348 e. The van der Waals surface area contributed by atoms with E-state index >= 15 is 0 Å². The third-order valence-electron chi connectivity index (χ3n) is 6.90. The van der Waals surface area contributed by atoms with Gasteiger partial charge < -0.3 is 10.2 Å². The van der Waals surface area contributed by atoms with E-state index in [1.54, 1.807) is 24.4 Å². The van der Waals surface area contributed by atoms with E-state index in [-0.39, 0.29) is 30.7 Å².